The molecule has 140 valence electrons. The van der Waals surface area contributed by atoms with E-state index in [1.165, 1.54) is 12.1 Å². The van der Waals surface area contributed by atoms with Gasteiger partial charge in [-0.15, -0.1) is 5.10 Å². The minimum absolute atomic E-state index is 0.112. The highest BCUT2D eigenvalue weighted by molar-refractivity contribution is 5.97. The fourth-order valence-electron chi connectivity index (χ4n) is 4.12. The van der Waals surface area contributed by atoms with Gasteiger partial charge in [-0.25, -0.2) is 9.07 Å². The molecule has 1 heterocycles. The van der Waals surface area contributed by atoms with E-state index in [4.69, 9.17) is 0 Å². The summed E-state index contributed by atoms with van der Waals surface area (Å²) in [5.74, 6) is -0.347. The number of benzene rings is 2. The number of carbonyl (C=O) groups excluding carboxylic acids is 1. The number of aryl methyl sites for hydroxylation is 1. The third-order valence-electron chi connectivity index (χ3n) is 5.68. The second kappa shape index (κ2) is 7.10. The molecule has 1 N–H and O–H groups in total. The first-order valence-electron chi connectivity index (χ1n) is 9.49. The number of hydrogen-bond acceptors (Lipinski definition) is 3. The average molecular weight is 366 g/mol. The lowest BCUT2D eigenvalue weighted by atomic mass is 9.78. The van der Waals surface area contributed by atoms with Gasteiger partial charge in [0.25, 0.3) is 5.91 Å². The van der Waals surface area contributed by atoms with Crippen LogP contribution in [-0.2, 0) is 12.0 Å². The van der Waals surface area contributed by atoms with Gasteiger partial charge < -0.3 is 5.32 Å². The van der Waals surface area contributed by atoms with Crippen molar-refractivity contribution in [3.8, 4) is 0 Å². The van der Waals surface area contributed by atoms with Crippen LogP contribution in [0.15, 0.2) is 42.5 Å². The molecule has 0 spiro atoms. The van der Waals surface area contributed by atoms with Crippen LogP contribution in [0.3, 0.4) is 0 Å². The van der Waals surface area contributed by atoms with Gasteiger partial charge >= 0.3 is 0 Å². The number of fused-ring (bicyclic) bond motifs is 1. The molecule has 0 saturated heterocycles. The molecule has 3 aromatic rings. The number of rotatable bonds is 5. The molecule has 1 saturated carbocycles. The van der Waals surface area contributed by atoms with Crippen molar-refractivity contribution < 1.29 is 9.18 Å². The number of amides is 1. The summed E-state index contributed by atoms with van der Waals surface area (Å²) in [5, 5.41) is 11.3. The summed E-state index contributed by atoms with van der Waals surface area (Å²) >= 11 is 0. The molecule has 5 nitrogen and oxygen atoms in total. The number of nitrogens with one attached hydrogen (secondary N) is 1. The zero-order valence-corrected chi connectivity index (χ0v) is 15.4. The van der Waals surface area contributed by atoms with Crippen LogP contribution in [0.25, 0.3) is 11.0 Å². The number of aromatic nitrogens is 3. The van der Waals surface area contributed by atoms with Crippen molar-refractivity contribution in [1.29, 1.82) is 0 Å². The molecule has 1 fully saturated rings. The van der Waals surface area contributed by atoms with Gasteiger partial charge in [0.05, 0.1) is 5.52 Å². The largest absolute Gasteiger partial charge is 0.351 e. The maximum absolute atomic E-state index is 13.3. The van der Waals surface area contributed by atoms with Gasteiger partial charge in [-0.1, -0.05) is 30.2 Å². The first-order chi connectivity index (χ1) is 13.1. The lowest BCUT2D eigenvalue weighted by Crippen LogP contribution is -2.39. The predicted octanol–water partition coefficient (Wildman–Crippen LogP) is 3.83. The highest BCUT2D eigenvalue weighted by Crippen LogP contribution is 2.40. The fourth-order valence-corrected chi connectivity index (χ4v) is 4.12. The summed E-state index contributed by atoms with van der Waals surface area (Å²) in [6, 6.07) is 12.2. The van der Waals surface area contributed by atoms with Crippen molar-refractivity contribution in [3.63, 3.8) is 0 Å². The molecule has 6 heteroatoms. The van der Waals surface area contributed by atoms with Gasteiger partial charge in [0.2, 0.25) is 0 Å². The van der Waals surface area contributed by atoms with Gasteiger partial charge in [0.15, 0.2) is 0 Å². The molecule has 4 rings (SSSR count). The molecule has 2 aromatic carbocycles. The fraction of sp³-hybridized carbons (Fsp3) is 0.381. The Labute approximate surface area is 157 Å². The molecule has 27 heavy (non-hydrogen) atoms. The number of carbonyl (C=O) groups is 1. The minimum atomic E-state index is -0.232. The molecule has 1 amide bonds. The Hall–Kier alpha value is -2.76. The lowest BCUT2D eigenvalue weighted by molar-refractivity contribution is 0.0943. The molecule has 0 unspecified atom stereocenters. The van der Waals surface area contributed by atoms with Crippen LogP contribution in [0.5, 0.6) is 0 Å². The van der Waals surface area contributed by atoms with Crippen LogP contribution in [0, 0.1) is 5.82 Å². The molecule has 1 aliphatic rings. The highest BCUT2D eigenvalue weighted by Gasteiger charge is 2.36. The van der Waals surface area contributed by atoms with Crippen LogP contribution >= 0.6 is 0 Å². The Kier molecular flexibility index (Phi) is 4.64. The summed E-state index contributed by atoms with van der Waals surface area (Å²) in [6.07, 6.45) is 4.25. The third kappa shape index (κ3) is 3.31. The predicted molar refractivity (Wildman–Crippen MR) is 102 cm³/mol. The molecule has 1 aliphatic carbocycles. The van der Waals surface area contributed by atoms with E-state index in [9.17, 15) is 9.18 Å². The summed E-state index contributed by atoms with van der Waals surface area (Å²) in [6.45, 7) is 3.30. The van der Waals surface area contributed by atoms with Crippen molar-refractivity contribution >= 4 is 16.9 Å². The molecular formula is C21H23FN4O. The van der Waals surface area contributed by atoms with Gasteiger partial charge in [0.1, 0.15) is 11.3 Å². The number of hydrogen-bond donors (Lipinski definition) is 1. The van der Waals surface area contributed by atoms with Crippen LogP contribution in [0.2, 0.25) is 0 Å². The summed E-state index contributed by atoms with van der Waals surface area (Å²) in [5.41, 5.74) is 3.21. The summed E-state index contributed by atoms with van der Waals surface area (Å²) in [4.78, 5) is 12.7. The molecular weight excluding hydrogens is 343 g/mol. The van der Waals surface area contributed by atoms with E-state index < -0.39 is 0 Å². The van der Waals surface area contributed by atoms with E-state index >= 15 is 0 Å². The van der Waals surface area contributed by atoms with Crippen LogP contribution in [-0.4, -0.2) is 27.4 Å². The van der Waals surface area contributed by atoms with E-state index in [1.807, 2.05) is 31.2 Å². The summed E-state index contributed by atoms with van der Waals surface area (Å²) in [7, 11) is 0. The van der Waals surface area contributed by atoms with E-state index in [0.29, 0.717) is 12.1 Å². The SMILES string of the molecule is CCn1nnc2cc(C(=O)NCC3(c4ccc(F)cc4)CCCC3)ccc21. The van der Waals surface area contributed by atoms with Gasteiger partial charge in [-0.2, -0.15) is 0 Å². The Morgan fingerprint density at radius 1 is 1.19 bits per heavy atom. The van der Waals surface area contributed by atoms with E-state index in [1.54, 1.807) is 10.7 Å². The topological polar surface area (TPSA) is 59.8 Å². The van der Waals surface area contributed by atoms with Crippen molar-refractivity contribution in [2.24, 2.45) is 0 Å². The van der Waals surface area contributed by atoms with Crippen molar-refractivity contribution in [3.05, 3.63) is 59.4 Å². The van der Waals surface area contributed by atoms with E-state index in [2.05, 4.69) is 15.6 Å². The van der Waals surface area contributed by atoms with Crippen LogP contribution in [0.4, 0.5) is 4.39 Å². The first kappa shape index (κ1) is 17.6. The normalized spacial score (nSPS) is 15.9. The molecule has 0 atom stereocenters. The Balaban J connectivity index is 1.52. The standard InChI is InChI=1S/C21H23FN4O/c1-2-26-19-10-5-15(13-18(19)24-25-26)20(27)23-14-21(11-3-4-12-21)16-6-8-17(22)9-7-16/h5-10,13H,2-4,11-12,14H2,1H3,(H,23,27). The third-order valence-corrected chi connectivity index (χ3v) is 5.68. The van der Waals surface area contributed by atoms with E-state index in [-0.39, 0.29) is 17.1 Å². The quantitative estimate of drug-likeness (QED) is 0.746. The van der Waals surface area contributed by atoms with Gasteiger partial charge in [-0.3, -0.25) is 4.79 Å². The van der Waals surface area contributed by atoms with Crippen LogP contribution in [0.1, 0.15) is 48.5 Å². The highest BCUT2D eigenvalue weighted by atomic mass is 19.1. The van der Waals surface area contributed by atoms with Gasteiger partial charge in [0, 0.05) is 24.1 Å². The monoisotopic (exact) mass is 366 g/mol. The van der Waals surface area contributed by atoms with Crippen molar-refractivity contribution in [2.75, 3.05) is 6.54 Å². The van der Waals surface area contributed by atoms with Crippen molar-refractivity contribution in [2.45, 2.75) is 44.6 Å². The zero-order chi connectivity index (χ0) is 18.9. The smallest absolute Gasteiger partial charge is 0.251 e. The number of nitrogens with zero attached hydrogens (tertiary/aromatic N) is 3. The molecule has 0 aliphatic heterocycles. The minimum Gasteiger partial charge on any atom is -0.351 e. The Bertz CT molecular complexity index is 958. The maximum atomic E-state index is 13.3. The molecule has 0 radical (unpaired) electrons. The Morgan fingerprint density at radius 3 is 2.63 bits per heavy atom. The average Bonchev–Trinajstić information content (AvgIpc) is 3.33. The van der Waals surface area contributed by atoms with Crippen molar-refractivity contribution in [1.82, 2.24) is 20.3 Å². The van der Waals surface area contributed by atoms with Gasteiger partial charge in [-0.05, 0) is 55.7 Å². The van der Waals surface area contributed by atoms with Crippen LogP contribution < -0.4 is 5.32 Å². The summed E-state index contributed by atoms with van der Waals surface area (Å²) < 4.78 is 15.1. The lowest BCUT2D eigenvalue weighted by Gasteiger charge is -2.30. The second-order valence-electron chi connectivity index (χ2n) is 7.29. The van der Waals surface area contributed by atoms with E-state index in [0.717, 1.165) is 48.8 Å². The second-order valence-corrected chi connectivity index (χ2v) is 7.29. The first-order valence-corrected chi connectivity index (χ1v) is 9.49. The zero-order valence-electron chi connectivity index (χ0n) is 15.4. The Morgan fingerprint density at radius 2 is 1.93 bits per heavy atom. The molecule has 0 bridgehead atoms. The number of halogens is 1. The molecule has 1 aromatic heterocycles. The maximum Gasteiger partial charge on any atom is 0.251 e.